The highest BCUT2D eigenvalue weighted by atomic mass is 28.4. The summed E-state index contributed by atoms with van der Waals surface area (Å²) < 4.78 is 26.1. The van der Waals surface area contributed by atoms with Gasteiger partial charge in [0.25, 0.3) is 0 Å². The Hall–Kier alpha value is -3.00. The number of amides is 2. The third kappa shape index (κ3) is 13.8. The minimum Gasteiger partial charge on any atom is -0.444 e. The van der Waals surface area contributed by atoms with Crippen LogP contribution in [0.15, 0.2) is 65.7 Å². The summed E-state index contributed by atoms with van der Waals surface area (Å²) in [4.78, 5) is 37.0. The van der Waals surface area contributed by atoms with Gasteiger partial charge in [-0.1, -0.05) is 154 Å². The van der Waals surface area contributed by atoms with Gasteiger partial charge in [0, 0.05) is 36.8 Å². The fraction of sp³-hybridized carbons (Fsp3) is 0.688. The highest BCUT2D eigenvalue weighted by Gasteiger charge is 2.53. The molecule has 0 aromatic heterocycles. The molecule has 0 spiro atoms. The zero-order valence-electron chi connectivity index (χ0n) is 38.9. The Morgan fingerprint density at radius 2 is 1.31 bits per heavy atom. The predicted molar refractivity (Wildman–Crippen MR) is 247 cm³/mol. The quantitative estimate of drug-likeness (QED) is 0.103. The average Bonchev–Trinajstić information content (AvgIpc) is 3.58. The number of hydrogen-bond acceptors (Lipinski definition) is 6. The third-order valence-corrected chi connectivity index (χ3v) is 22.7. The summed E-state index contributed by atoms with van der Waals surface area (Å²) in [5.74, 6) is 0.271. The van der Waals surface area contributed by atoms with E-state index in [1.807, 2.05) is 60.7 Å². The number of fused-ring (bicyclic) bond motifs is 1. The predicted octanol–water partition coefficient (Wildman–Crippen LogP) is 13.1. The van der Waals surface area contributed by atoms with Crippen LogP contribution >= 0.6 is 0 Å². The molecule has 0 N–H and O–H groups in total. The van der Waals surface area contributed by atoms with Gasteiger partial charge in [-0.25, -0.2) is 14.5 Å². The lowest BCUT2D eigenvalue weighted by atomic mass is 9.88. The van der Waals surface area contributed by atoms with Crippen molar-refractivity contribution >= 4 is 34.8 Å². The molecule has 330 valence electrons. The van der Waals surface area contributed by atoms with E-state index in [2.05, 4.69) is 86.5 Å². The minimum atomic E-state index is -2.15. The highest BCUT2D eigenvalue weighted by molar-refractivity contribution is 6.74. The molecule has 2 aliphatic rings. The van der Waals surface area contributed by atoms with Crippen LogP contribution in [-0.4, -0.2) is 75.4 Å². The summed E-state index contributed by atoms with van der Waals surface area (Å²) in [6.07, 6.45) is 11.1. The molecule has 2 amide bonds. The second kappa shape index (κ2) is 21.7. The molecule has 2 fully saturated rings. The van der Waals surface area contributed by atoms with E-state index in [1.54, 1.807) is 4.90 Å². The van der Waals surface area contributed by atoms with E-state index in [4.69, 9.17) is 23.3 Å². The molecule has 0 unspecified atom stereocenters. The van der Waals surface area contributed by atoms with Crippen LogP contribution < -0.4 is 0 Å². The molecule has 2 saturated heterocycles. The number of benzene rings is 2. The highest BCUT2D eigenvalue weighted by Crippen LogP contribution is 2.44. The molecule has 2 heterocycles. The Kier molecular flexibility index (Phi) is 17.9. The molecular formula is C48H79N3O6Si2. The summed E-state index contributed by atoms with van der Waals surface area (Å²) in [6.45, 7) is 28.0. The smallest absolute Gasteiger partial charge is 0.437 e. The summed E-state index contributed by atoms with van der Waals surface area (Å²) in [7, 11) is -4.28. The van der Waals surface area contributed by atoms with Crippen molar-refractivity contribution in [1.29, 1.82) is 0 Å². The monoisotopic (exact) mass is 850 g/mol. The molecule has 0 aliphatic carbocycles. The molecule has 4 rings (SSSR count). The maximum Gasteiger partial charge on any atom is 0.437 e. The Balaban J connectivity index is 1.73. The molecular weight excluding hydrogens is 771 g/mol. The molecule has 0 bridgehead atoms. The zero-order valence-corrected chi connectivity index (χ0v) is 40.9. The van der Waals surface area contributed by atoms with Crippen LogP contribution in [0.2, 0.25) is 36.3 Å². The van der Waals surface area contributed by atoms with E-state index < -0.39 is 28.8 Å². The van der Waals surface area contributed by atoms with Crippen LogP contribution in [0.5, 0.6) is 0 Å². The van der Waals surface area contributed by atoms with Gasteiger partial charge in [-0.15, -0.1) is 4.99 Å². The number of rotatable bonds is 19. The van der Waals surface area contributed by atoms with Crippen molar-refractivity contribution in [3.8, 4) is 0 Å². The molecule has 59 heavy (non-hydrogen) atoms. The first kappa shape index (κ1) is 48.7. The first-order valence-electron chi connectivity index (χ1n) is 22.6. The molecule has 0 saturated carbocycles. The molecule has 2 aromatic carbocycles. The second-order valence-electron chi connectivity index (χ2n) is 20.2. The minimum absolute atomic E-state index is 0.00528. The fourth-order valence-corrected chi connectivity index (χ4v) is 10.3. The van der Waals surface area contributed by atoms with Gasteiger partial charge in [-0.2, -0.15) is 0 Å². The molecule has 2 aromatic rings. The molecule has 5 atom stereocenters. The first-order chi connectivity index (χ1) is 27.8. The summed E-state index contributed by atoms with van der Waals surface area (Å²) in [6, 6.07) is 19.0. The van der Waals surface area contributed by atoms with Crippen molar-refractivity contribution in [3.63, 3.8) is 0 Å². The number of nitrogens with zero attached hydrogens (tertiary/aromatic N) is 3. The SMILES string of the molecule is CCCCCCCCC[C@@H](C[C@@H]1CC[C@H]2[C@@H](CO[Si](C)(C)C(C)(C)C)[C@@H](C)N(C(=O)OCc3ccccc3)/C(=N/C(=O)OCc3ccccc3)N12)O[Si](C)(C)C(C)(C)C. The van der Waals surface area contributed by atoms with Gasteiger partial charge >= 0.3 is 12.2 Å². The summed E-state index contributed by atoms with van der Waals surface area (Å²) >= 11 is 0. The van der Waals surface area contributed by atoms with Crippen LogP contribution in [0.3, 0.4) is 0 Å². The number of aliphatic imine (C=N–C) groups is 1. The molecule has 9 nitrogen and oxygen atoms in total. The van der Waals surface area contributed by atoms with Gasteiger partial charge in [-0.3, -0.25) is 0 Å². The number of guanidine groups is 1. The zero-order chi connectivity index (χ0) is 43.4. The van der Waals surface area contributed by atoms with Crippen molar-refractivity contribution in [2.45, 2.75) is 200 Å². The lowest BCUT2D eigenvalue weighted by Gasteiger charge is -2.51. The maximum absolute atomic E-state index is 14.5. The van der Waals surface area contributed by atoms with E-state index in [1.165, 1.54) is 38.5 Å². The van der Waals surface area contributed by atoms with E-state index in [0.29, 0.717) is 12.6 Å². The van der Waals surface area contributed by atoms with Crippen molar-refractivity contribution in [3.05, 3.63) is 71.8 Å². The summed E-state index contributed by atoms with van der Waals surface area (Å²) in [5.41, 5.74) is 1.75. The molecule has 2 aliphatic heterocycles. The number of carbonyl (C=O) groups excluding carboxylic acids is 2. The number of ether oxygens (including phenoxy) is 2. The third-order valence-electron chi connectivity index (χ3n) is 13.7. The van der Waals surface area contributed by atoms with Crippen LogP contribution in [0.25, 0.3) is 0 Å². The standard InChI is InChI=1S/C48H79N3O6Si2/c1-13-14-15-16-17-18-25-30-41(57-59(11,12)48(6,7)8)33-40-31-32-43-42(36-56-58(9,10)47(3,4)5)37(2)50(46(53)55-35-39-28-23-20-24-29-39)44(51(40)43)49-45(52)54-34-38-26-21-19-22-27-38/h19-24,26-29,37,40-43H,13-18,25,30-36H2,1-12H3/b49-44-/t37-,40+,41+,42+,43+/m1/s1. The van der Waals surface area contributed by atoms with Gasteiger partial charge in [0.1, 0.15) is 13.2 Å². The van der Waals surface area contributed by atoms with Gasteiger partial charge in [0.2, 0.25) is 5.96 Å². The van der Waals surface area contributed by atoms with Gasteiger partial charge in [0.05, 0.1) is 0 Å². The fourth-order valence-electron chi connectivity index (χ4n) is 7.90. The lowest BCUT2D eigenvalue weighted by molar-refractivity contribution is 0.0298. The van der Waals surface area contributed by atoms with Gasteiger partial charge in [0.15, 0.2) is 16.6 Å². The Bertz CT molecular complexity index is 1620. The van der Waals surface area contributed by atoms with E-state index in [9.17, 15) is 9.59 Å². The number of unbranched alkanes of at least 4 members (excludes halogenated alkanes) is 6. The summed E-state index contributed by atoms with van der Waals surface area (Å²) in [5, 5.41) is 0.0847. The van der Waals surface area contributed by atoms with Crippen LogP contribution in [0, 0.1) is 5.92 Å². The second-order valence-corrected chi connectivity index (χ2v) is 29.8. The van der Waals surface area contributed by atoms with E-state index in [0.717, 1.165) is 43.2 Å². The van der Waals surface area contributed by atoms with Crippen LogP contribution in [0.4, 0.5) is 9.59 Å². The Labute approximate surface area is 360 Å². The normalized spacial score (nSPS) is 21.4. The Morgan fingerprint density at radius 3 is 1.86 bits per heavy atom. The van der Waals surface area contributed by atoms with Crippen molar-refractivity contribution in [2.75, 3.05) is 6.61 Å². The van der Waals surface area contributed by atoms with Crippen LogP contribution in [0.1, 0.15) is 137 Å². The number of hydrogen-bond donors (Lipinski definition) is 0. The average molecular weight is 850 g/mol. The van der Waals surface area contributed by atoms with E-state index >= 15 is 0 Å². The topological polar surface area (TPSA) is 89.9 Å². The van der Waals surface area contributed by atoms with Crippen molar-refractivity contribution in [2.24, 2.45) is 10.9 Å². The molecule has 11 heteroatoms. The largest absolute Gasteiger partial charge is 0.444 e. The van der Waals surface area contributed by atoms with E-state index in [-0.39, 0.29) is 53.4 Å². The van der Waals surface area contributed by atoms with Gasteiger partial charge in [-0.05, 0) is 80.0 Å². The number of carbonyl (C=O) groups is 2. The lowest BCUT2D eigenvalue weighted by Crippen LogP contribution is -2.66. The van der Waals surface area contributed by atoms with Crippen molar-refractivity contribution in [1.82, 2.24) is 9.80 Å². The maximum atomic E-state index is 14.5. The Morgan fingerprint density at radius 1 is 0.763 bits per heavy atom. The van der Waals surface area contributed by atoms with Crippen LogP contribution in [-0.2, 0) is 31.5 Å². The van der Waals surface area contributed by atoms with Gasteiger partial charge < -0.3 is 23.2 Å². The molecule has 0 radical (unpaired) electrons. The van der Waals surface area contributed by atoms with Crippen molar-refractivity contribution < 1.29 is 27.9 Å². The first-order valence-corrected chi connectivity index (χ1v) is 28.5.